The van der Waals surface area contributed by atoms with Gasteiger partial charge in [0.05, 0.1) is 16.8 Å². The molecule has 1 aliphatic heterocycles. The lowest BCUT2D eigenvalue weighted by atomic mass is 9.94. The van der Waals surface area contributed by atoms with Gasteiger partial charge in [0.15, 0.2) is 5.65 Å². The standard InChI is InChI=1S/C27H29F2N7/c28-18-7-6-10-20(17-18)36-25(30)23-24(21-11-4-5-12-22(21)29)31-27(32-26(23)33-36)35-15-13-34(14-16-35)19-8-2-1-3-9-19/h4-7,10-12,17,19H,1-3,8-9,13-16,30H2. The SMILES string of the molecule is Nc1c2c(-c3ccccc3F)nc(N3CCN(C4CCCCC4)CC3)nc2nn1-c1cccc(F)c1. The van der Waals surface area contributed by atoms with Gasteiger partial charge in [0.1, 0.15) is 17.5 Å². The fourth-order valence-electron chi connectivity index (χ4n) is 5.53. The van der Waals surface area contributed by atoms with Crippen molar-refractivity contribution in [2.75, 3.05) is 36.8 Å². The fraction of sp³-hybridized carbons (Fsp3) is 0.370. The van der Waals surface area contributed by atoms with Gasteiger partial charge in [-0.3, -0.25) is 4.90 Å². The Morgan fingerprint density at radius 2 is 1.64 bits per heavy atom. The molecule has 1 saturated carbocycles. The number of hydrogen-bond donors (Lipinski definition) is 1. The van der Waals surface area contributed by atoms with Crippen LogP contribution in [0.15, 0.2) is 48.5 Å². The van der Waals surface area contributed by atoms with Crippen LogP contribution in [-0.4, -0.2) is 56.9 Å². The van der Waals surface area contributed by atoms with E-state index in [0.29, 0.717) is 40.0 Å². The van der Waals surface area contributed by atoms with Crippen LogP contribution in [0.3, 0.4) is 0 Å². The maximum Gasteiger partial charge on any atom is 0.228 e. The van der Waals surface area contributed by atoms with Crippen LogP contribution in [0.4, 0.5) is 20.5 Å². The summed E-state index contributed by atoms with van der Waals surface area (Å²) in [6.07, 6.45) is 6.51. The zero-order valence-corrected chi connectivity index (χ0v) is 20.1. The number of fused-ring (bicyclic) bond motifs is 1. The van der Waals surface area contributed by atoms with Crippen LogP contribution in [0.5, 0.6) is 0 Å². The second kappa shape index (κ2) is 9.46. The van der Waals surface area contributed by atoms with Crippen LogP contribution in [0, 0.1) is 11.6 Å². The van der Waals surface area contributed by atoms with Gasteiger partial charge in [0.25, 0.3) is 0 Å². The minimum Gasteiger partial charge on any atom is -0.383 e. The van der Waals surface area contributed by atoms with Crippen molar-refractivity contribution in [3.05, 3.63) is 60.2 Å². The van der Waals surface area contributed by atoms with Gasteiger partial charge in [-0.05, 0) is 43.2 Å². The Hall–Kier alpha value is -3.59. The molecule has 0 atom stereocenters. The number of hydrogen-bond acceptors (Lipinski definition) is 6. The molecule has 0 amide bonds. The first kappa shape index (κ1) is 22.8. The molecule has 4 aromatic rings. The molecule has 0 radical (unpaired) electrons. The number of benzene rings is 2. The minimum absolute atomic E-state index is 0.238. The molecule has 0 bridgehead atoms. The van der Waals surface area contributed by atoms with Crippen molar-refractivity contribution < 1.29 is 8.78 Å². The monoisotopic (exact) mass is 489 g/mol. The van der Waals surface area contributed by atoms with Crippen molar-refractivity contribution in [1.82, 2.24) is 24.6 Å². The van der Waals surface area contributed by atoms with Crippen LogP contribution in [0.2, 0.25) is 0 Å². The molecule has 2 aliphatic rings. The van der Waals surface area contributed by atoms with E-state index in [1.165, 1.54) is 55.0 Å². The van der Waals surface area contributed by atoms with E-state index in [4.69, 9.17) is 15.7 Å². The fourth-order valence-corrected chi connectivity index (χ4v) is 5.53. The maximum atomic E-state index is 15.0. The molecule has 36 heavy (non-hydrogen) atoms. The van der Waals surface area contributed by atoms with E-state index in [2.05, 4.69) is 14.9 Å². The normalized spacial score (nSPS) is 17.7. The van der Waals surface area contributed by atoms with E-state index >= 15 is 0 Å². The Balaban J connectivity index is 1.41. The summed E-state index contributed by atoms with van der Waals surface area (Å²) in [5.41, 5.74) is 8.04. The molecular weight excluding hydrogens is 460 g/mol. The average molecular weight is 490 g/mol. The van der Waals surface area contributed by atoms with Crippen LogP contribution in [0.25, 0.3) is 28.0 Å². The summed E-state index contributed by atoms with van der Waals surface area (Å²) in [6.45, 7) is 3.47. The molecule has 0 spiro atoms. The second-order valence-corrected chi connectivity index (χ2v) is 9.64. The predicted octanol–water partition coefficient (Wildman–Crippen LogP) is 4.80. The number of piperazine rings is 1. The highest BCUT2D eigenvalue weighted by Gasteiger charge is 2.28. The third kappa shape index (κ3) is 4.17. The third-order valence-electron chi connectivity index (χ3n) is 7.43. The quantitative estimate of drug-likeness (QED) is 0.444. The largest absolute Gasteiger partial charge is 0.383 e. The first-order valence-corrected chi connectivity index (χ1v) is 12.6. The lowest BCUT2D eigenvalue weighted by Gasteiger charge is -2.40. The van der Waals surface area contributed by atoms with Gasteiger partial charge in [-0.25, -0.2) is 18.4 Å². The van der Waals surface area contributed by atoms with E-state index in [9.17, 15) is 8.78 Å². The molecule has 186 valence electrons. The Kier molecular flexibility index (Phi) is 6.00. The highest BCUT2D eigenvalue weighted by Crippen LogP contribution is 2.35. The first-order valence-electron chi connectivity index (χ1n) is 12.6. The summed E-state index contributed by atoms with van der Waals surface area (Å²) in [5.74, 6) is -0.0534. The summed E-state index contributed by atoms with van der Waals surface area (Å²) in [7, 11) is 0. The topological polar surface area (TPSA) is 76.1 Å². The van der Waals surface area contributed by atoms with E-state index in [-0.39, 0.29) is 5.82 Å². The van der Waals surface area contributed by atoms with Gasteiger partial charge in [-0.1, -0.05) is 37.5 Å². The summed E-state index contributed by atoms with van der Waals surface area (Å²) < 4.78 is 30.3. The molecule has 7 nitrogen and oxygen atoms in total. The molecule has 3 heterocycles. The Morgan fingerprint density at radius 3 is 2.39 bits per heavy atom. The molecule has 2 aromatic heterocycles. The minimum atomic E-state index is -0.400. The van der Waals surface area contributed by atoms with E-state index < -0.39 is 11.6 Å². The van der Waals surface area contributed by atoms with Crippen LogP contribution in [0.1, 0.15) is 32.1 Å². The number of rotatable bonds is 4. The smallest absolute Gasteiger partial charge is 0.228 e. The zero-order valence-electron chi connectivity index (χ0n) is 20.1. The maximum absolute atomic E-state index is 15.0. The average Bonchev–Trinajstić information content (AvgIpc) is 3.25. The van der Waals surface area contributed by atoms with E-state index in [0.717, 1.165) is 26.2 Å². The highest BCUT2D eigenvalue weighted by molar-refractivity contribution is 5.99. The number of nitrogens with zero attached hydrogens (tertiary/aromatic N) is 6. The van der Waals surface area contributed by atoms with Gasteiger partial charge in [-0.15, -0.1) is 5.10 Å². The van der Waals surface area contributed by atoms with Crippen molar-refractivity contribution in [1.29, 1.82) is 0 Å². The van der Waals surface area contributed by atoms with Crippen molar-refractivity contribution >= 4 is 22.8 Å². The highest BCUT2D eigenvalue weighted by atomic mass is 19.1. The summed E-state index contributed by atoms with van der Waals surface area (Å²) in [6, 6.07) is 13.2. The summed E-state index contributed by atoms with van der Waals surface area (Å²) in [5, 5.41) is 5.05. The van der Waals surface area contributed by atoms with Gasteiger partial charge < -0.3 is 10.6 Å². The van der Waals surface area contributed by atoms with Crippen molar-refractivity contribution in [3.63, 3.8) is 0 Å². The second-order valence-electron chi connectivity index (χ2n) is 9.64. The molecule has 0 unspecified atom stereocenters. The zero-order chi connectivity index (χ0) is 24.6. The molecule has 6 rings (SSSR count). The van der Waals surface area contributed by atoms with Crippen LogP contribution in [-0.2, 0) is 0 Å². The predicted molar refractivity (Wildman–Crippen MR) is 137 cm³/mol. The van der Waals surface area contributed by atoms with Crippen LogP contribution < -0.4 is 10.6 Å². The molecule has 2 N–H and O–H groups in total. The number of halogens is 2. The lowest BCUT2D eigenvalue weighted by molar-refractivity contribution is 0.147. The van der Waals surface area contributed by atoms with Gasteiger partial charge >= 0.3 is 0 Å². The molecule has 2 aromatic carbocycles. The summed E-state index contributed by atoms with van der Waals surface area (Å²) >= 11 is 0. The summed E-state index contributed by atoms with van der Waals surface area (Å²) in [4.78, 5) is 14.3. The van der Waals surface area contributed by atoms with Crippen molar-refractivity contribution in [2.24, 2.45) is 0 Å². The lowest BCUT2D eigenvalue weighted by Crippen LogP contribution is -2.51. The van der Waals surface area contributed by atoms with E-state index in [1.54, 1.807) is 30.3 Å². The number of aromatic nitrogens is 4. The van der Waals surface area contributed by atoms with Gasteiger partial charge in [-0.2, -0.15) is 4.98 Å². The Morgan fingerprint density at radius 1 is 0.861 bits per heavy atom. The third-order valence-corrected chi connectivity index (χ3v) is 7.43. The van der Waals surface area contributed by atoms with Gasteiger partial charge in [0, 0.05) is 37.8 Å². The van der Waals surface area contributed by atoms with Crippen molar-refractivity contribution in [3.8, 4) is 16.9 Å². The number of anilines is 2. The molecule has 1 saturated heterocycles. The number of nitrogen functional groups attached to an aromatic ring is 1. The molecular formula is C27H29F2N7. The van der Waals surface area contributed by atoms with Crippen molar-refractivity contribution in [2.45, 2.75) is 38.1 Å². The number of nitrogens with two attached hydrogens (primary N) is 1. The van der Waals surface area contributed by atoms with Crippen LogP contribution >= 0.6 is 0 Å². The molecule has 9 heteroatoms. The Bertz CT molecular complexity index is 1390. The first-order chi connectivity index (χ1) is 17.6. The molecule has 1 aliphatic carbocycles. The van der Waals surface area contributed by atoms with Gasteiger partial charge in [0.2, 0.25) is 5.95 Å². The molecule has 2 fully saturated rings. The Labute approximate surface area is 208 Å². The van der Waals surface area contributed by atoms with E-state index in [1.807, 2.05) is 0 Å².